The van der Waals surface area contributed by atoms with E-state index in [1.165, 1.54) is 18.2 Å². The van der Waals surface area contributed by atoms with E-state index in [-0.39, 0.29) is 21.7 Å². The molecule has 0 aromatic heterocycles. The number of hydrogen-bond donors (Lipinski definition) is 2. The van der Waals surface area contributed by atoms with Crippen LogP contribution in [0.1, 0.15) is 16.7 Å². The second-order valence-electron chi connectivity index (χ2n) is 4.97. The number of Topliss-reactive ketones (excluding diaryl/α,β-unsaturated/α-hetero) is 1. The van der Waals surface area contributed by atoms with E-state index in [2.05, 4.69) is 0 Å². The number of aliphatic hydroxyl groups excluding tert-OH is 2. The third-order valence-electron chi connectivity index (χ3n) is 3.41. The predicted octanol–water partition coefficient (Wildman–Crippen LogP) is 5.43. The molecule has 0 aliphatic heterocycles. The van der Waals surface area contributed by atoms with Crippen LogP contribution in [-0.2, 0) is 11.0 Å². The fourth-order valence-corrected chi connectivity index (χ4v) is 2.44. The molecule has 0 aliphatic carbocycles. The molecule has 0 saturated heterocycles. The summed E-state index contributed by atoms with van der Waals surface area (Å²) in [5.74, 6) is -0.877. The molecule has 0 radical (unpaired) electrons. The first-order valence-corrected chi connectivity index (χ1v) is 7.33. The lowest BCUT2D eigenvalue weighted by Gasteiger charge is -2.12. The van der Waals surface area contributed by atoms with Crippen LogP contribution in [0.5, 0.6) is 0 Å². The average molecular weight is 369 g/mol. The molecule has 0 saturated carbocycles. The summed E-state index contributed by atoms with van der Waals surface area (Å²) in [6, 6.07) is 10.1. The number of alkyl halides is 3. The third kappa shape index (κ3) is 4.03. The maximum atomic E-state index is 12.8. The van der Waals surface area contributed by atoms with Crippen LogP contribution in [0.2, 0.25) is 5.02 Å². The molecule has 0 spiro atoms. The summed E-state index contributed by atoms with van der Waals surface area (Å²) in [5, 5.41) is 19.0. The molecule has 0 unspecified atom stereocenters. The van der Waals surface area contributed by atoms with E-state index >= 15 is 0 Å². The molecule has 0 amide bonds. The molecule has 2 N–H and O–H groups in total. The number of ketones is 1. The highest BCUT2D eigenvalue weighted by Gasteiger charge is 2.31. The van der Waals surface area contributed by atoms with Gasteiger partial charge >= 0.3 is 6.18 Å². The lowest BCUT2D eigenvalue weighted by molar-refractivity contribution is -0.137. The zero-order chi connectivity index (χ0) is 18.6. The maximum absolute atomic E-state index is 12.8. The molecule has 0 atom stereocenters. The van der Waals surface area contributed by atoms with Gasteiger partial charge in [-0.3, -0.25) is 4.79 Å². The number of benzene rings is 2. The fourth-order valence-electron chi connectivity index (χ4n) is 2.20. The summed E-state index contributed by atoms with van der Waals surface area (Å²) in [5.41, 5.74) is -1.60. The Morgan fingerprint density at radius 3 is 2.16 bits per heavy atom. The molecule has 0 fully saturated rings. The van der Waals surface area contributed by atoms with Crippen LogP contribution in [0.3, 0.4) is 0 Å². The highest BCUT2D eigenvalue weighted by molar-refractivity contribution is 6.44. The number of carbonyl (C=O) groups excluding carboxylic acids is 1. The first kappa shape index (κ1) is 18.6. The van der Waals surface area contributed by atoms with E-state index < -0.39 is 23.1 Å². The van der Waals surface area contributed by atoms with Gasteiger partial charge in [-0.05, 0) is 23.8 Å². The zero-order valence-electron chi connectivity index (χ0n) is 12.6. The third-order valence-corrected chi connectivity index (χ3v) is 3.74. The van der Waals surface area contributed by atoms with Crippen LogP contribution in [0.4, 0.5) is 13.2 Å². The number of hydrogen-bond acceptors (Lipinski definition) is 3. The summed E-state index contributed by atoms with van der Waals surface area (Å²) < 4.78 is 38.5. The van der Waals surface area contributed by atoms with E-state index in [9.17, 15) is 28.2 Å². The standard InChI is InChI=1S/C18H12ClF3O3/c19-16-7-2-1-6-13(16)15(10-24)17(25)14(9-23)11-4-3-5-12(8-11)18(20,21)22/h1-10,23-24H. The van der Waals surface area contributed by atoms with Crippen LogP contribution in [0.15, 0.2) is 61.1 Å². The normalized spacial score (nSPS) is 13.0. The lowest BCUT2D eigenvalue weighted by atomic mass is 9.93. The smallest absolute Gasteiger partial charge is 0.416 e. The van der Waals surface area contributed by atoms with Crippen LogP contribution in [0.25, 0.3) is 11.1 Å². The Kier molecular flexibility index (Phi) is 5.54. The van der Waals surface area contributed by atoms with Gasteiger partial charge in [-0.15, -0.1) is 0 Å². The minimum Gasteiger partial charge on any atom is -0.515 e. The van der Waals surface area contributed by atoms with Gasteiger partial charge in [0.25, 0.3) is 0 Å². The Morgan fingerprint density at radius 1 is 0.960 bits per heavy atom. The van der Waals surface area contributed by atoms with Gasteiger partial charge in [-0.1, -0.05) is 41.9 Å². The Hall–Kier alpha value is -2.73. The minimum atomic E-state index is -4.60. The maximum Gasteiger partial charge on any atom is 0.416 e. The van der Waals surface area contributed by atoms with Crippen molar-refractivity contribution in [2.24, 2.45) is 0 Å². The van der Waals surface area contributed by atoms with Crippen molar-refractivity contribution in [1.82, 2.24) is 0 Å². The van der Waals surface area contributed by atoms with Crippen molar-refractivity contribution in [3.63, 3.8) is 0 Å². The highest BCUT2D eigenvalue weighted by Crippen LogP contribution is 2.33. The Balaban J connectivity index is 2.48. The molecule has 2 rings (SSSR count). The van der Waals surface area contributed by atoms with Crippen molar-refractivity contribution < 1.29 is 28.2 Å². The van der Waals surface area contributed by atoms with Gasteiger partial charge in [0.1, 0.15) is 0 Å². The van der Waals surface area contributed by atoms with Crippen LogP contribution in [0, 0.1) is 0 Å². The quantitative estimate of drug-likeness (QED) is 0.559. The van der Waals surface area contributed by atoms with Gasteiger partial charge in [0.15, 0.2) is 5.78 Å². The largest absolute Gasteiger partial charge is 0.515 e. The number of rotatable bonds is 4. The van der Waals surface area contributed by atoms with Gasteiger partial charge in [-0.25, -0.2) is 0 Å². The summed E-state index contributed by atoms with van der Waals surface area (Å²) in [6.45, 7) is 0. The van der Waals surface area contributed by atoms with Crippen molar-refractivity contribution in [2.45, 2.75) is 6.18 Å². The van der Waals surface area contributed by atoms with Gasteiger partial charge in [0, 0.05) is 10.6 Å². The highest BCUT2D eigenvalue weighted by atomic mass is 35.5. The number of aliphatic hydroxyl groups is 2. The van der Waals surface area contributed by atoms with E-state index in [1.807, 2.05) is 0 Å². The monoisotopic (exact) mass is 368 g/mol. The van der Waals surface area contributed by atoms with Gasteiger partial charge < -0.3 is 10.2 Å². The van der Waals surface area contributed by atoms with Crippen molar-refractivity contribution in [1.29, 1.82) is 0 Å². The second kappa shape index (κ2) is 7.44. The number of halogens is 4. The molecule has 0 heterocycles. The van der Waals surface area contributed by atoms with Gasteiger partial charge in [0.2, 0.25) is 0 Å². The number of carbonyl (C=O) groups is 1. The predicted molar refractivity (Wildman–Crippen MR) is 89.1 cm³/mol. The Labute approximate surface area is 146 Å². The topological polar surface area (TPSA) is 57.5 Å². The first-order valence-electron chi connectivity index (χ1n) is 6.95. The molecular formula is C18H12ClF3O3. The van der Waals surface area contributed by atoms with E-state index in [0.29, 0.717) is 12.5 Å². The van der Waals surface area contributed by atoms with Crippen LogP contribution < -0.4 is 0 Å². The molecule has 3 nitrogen and oxygen atoms in total. The Bertz CT molecular complexity index is 855. The van der Waals surface area contributed by atoms with Gasteiger partial charge in [0.05, 0.1) is 29.2 Å². The molecule has 7 heteroatoms. The second-order valence-corrected chi connectivity index (χ2v) is 5.38. The van der Waals surface area contributed by atoms with Crippen molar-refractivity contribution in [3.05, 3.63) is 82.8 Å². The lowest BCUT2D eigenvalue weighted by Crippen LogP contribution is -2.09. The molecule has 25 heavy (non-hydrogen) atoms. The summed E-state index contributed by atoms with van der Waals surface area (Å²) in [7, 11) is 0. The van der Waals surface area contributed by atoms with Crippen LogP contribution in [-0.4, -0.2) is 16.0 Å². The molecule has 0 bridgehead atoms. The summed E-state index contributed by atoms with van der Waals surface area (Å²) in [4.78, 5) is 12.6. The van der Waals surface area contributed by atoms with Gasteiger partial charge in [-0.2, -0.15) is 13.2 Å². The molecule has 130 valence electrons. The van der Waals surface area contributed by atoms with E-state index in [4.69, 9.17) is 11.6 Å². The summed E-state index contributed by atoms with van der Waals surface area (Å²) in [6.07, 6.45) is -3.70. The zero-order valence-corrected chi connectivity index (χ0v) is 13.3. The molecular weight excluding hydrogens is 357 g/mol. The average Bonchev–Trinajstić information content (AvgIpc) is 2.57. The Morgan fingerprint density at radius 2 is 1.60 bits per heavy atom. The minimum absolute atomic E-state index is 0.145. The molecule has 2 aromatic rings. The fraction of sp³-hybridized carbons (Fsp3) is 0.0556. The van der Waals surface area contributed by atoms with E-state index in [0.717, 1.165) is 18.2 Å². The number of allylic oxidation sites excluding steroid dienone is 2. The van der Waals surface area contributed by atoms with Crippen molar-refractivity contribution >= 4 is 28.5 Å². The van der Waals surface area contributed by atoms with E-state index in [1.54, 1.807) is 12.1 Å². The van der Waals surface area contributed by atoms with Crippen LogP contribution >= 0.6 is 11.6 Å². The molecule has 0 aliphatic rings. The summed E-state index contributed by atoms with van der Waals surface area (Å²) >= 11 is 5.99. The molecule has 2 aromatic carbocycles. The SMILES string of the molecule is O=C(C(=CO)c1cccc(C(F)(F)F)c1)C(=CO)c1ccccc1Cl. The van der Waals surface area contributed by atoms with Crippen molar-refractivity contribution in [3.8, 4) is 0 Å². The first-order chi connectivity index (χ1) is 11.8. The van der Waals surface area contributed by atoms with Crippen molar-refractivity contribution in [2.75, 3.05) is 0 Å².